The van der Waals surface area contributed by atoms with Crippen molar-refractivity contribution in [1.29, 1.82) is 0 Å². The van der Waals surface area contributed by atoms with Gasteiger partial charge in [-0.05, 0) is 143 Å². The van der Waals surface area contributed by atoms with Gasteiger partial charge in [-0.15, -0.1) is 32.8 Å². The number of carbonyl (C=O) groups excluding carboxylic acids is 4. The zero-order valence-corrected chi connectivity index (χ0v) is 41.3. The number of carbonyl (C=O) groups is 4. The molecular weight excluding hydrogens is 936 g/mol. The average molecular weight is 994 g/mol. The van der Waals surface area contributed by atoms with E-state index in [1.165, 1.54) is 5.56 Å². The maximum Gasteiger partial charge on any atom is 0.320 e. The SMILES string of the molecule is CC(C)n1cnnc1-c1cccc(NC(=O)c2cc3c(cn2)CCN(C(=O)N2CCCC2)C3)n1.CC(C)n1cnnc1-c1cccc(NC(=O)c2cc3c(cn2)CCNC3)n1.Cl.O=C(Cl)N1CCCC1. The zero-order valence-electron chi connectivity index (χ0n) is 39.7. The number of hydrogen-bond donors (Lipinski definition) is 3. The van der Waals surface area contributed by atoms with Crippen LogP contribution in [0.1, 0.15) is 109 Å². The Balaban J connectivity index is 0.000000179. The van der Waals surface area contributed by atoms with Crippen LogP contribution in [0.25, 0.3) is 23.0 Å². The van der Waals surface area contributed by atoms with E-state index >= 15 is 0 Å². The normalized spacial score (nSPS) is 14.9. The first kappa shape index (κ1) is 51.0. The molecule has 5 amide bonds. The molecule has 22 heteroatoms. The number of hydrogen-bond acceptors (Lipinski definition) is 13. The largest absolute Gasteiger partial charge is 0.329 e. The molecular formula is C48H58Cl2N16O4. The average Bonchev–Trinajstić information content (AvgIpc) is 4.23. The Kier molecular flexibility index (Phi) is 17.2. The number of anilines is 2. The Bertz CT molecular complexity index is 2790. The van der Waals surface area contributed by atoms with Crippen LogP contribution >= 0.6 is 24.0 Å². The monoisotopic (exact) mass is 992 g/mol. The van der Waals surface area contributed by atoms with Crippen LogP contribution in [0.3, 0.4) is 0 Å². The summed E-state index contributed by atoms with van der Waals surface area (Å²) in [6, 6.07) is 14.9. The molecule has 2 saturated heterocycles. The summed E-state index contributed by atoms with van der Waals surface area (Å²) in [4.78, 5) is 71.9. The Labute approximate surface area is 417 Å². The van der Waals surface area contributed by atoms with Crippen LogP contribution in [-0.4, -0.2) is 127 Å². The third-order valence-corrected chi connectivity index (χ3v) is 12.5. The van der Waals surface area contributed by atoms with E-state index in [1.807, 2.05) is 63.1 Å². The molecule has 10 heterocycles. The summed E-state index contributed by atoms with van der Waals surface area (Å²) in [5.41, 5.74) is 6.31. The molecule has 0 spiro atoms. The topological polar surface area (TPSA) is 227 Å². The summed E-state index contributed by atoms with van der Waals surface area (Å²) in [5, 5.41) is 24.9. The van der Waals surface area contributed by atoms with Crippen molar-refractivity contribution in [3.8, 4) is 23.0 Å². The van der Waals surface area contributed by atoms with Gasteiger partial charge in [-0.1, -0.05) is 12.1 Å². The number of amides is 5. The molecule has 0 aromatic carbocycles. The van der Waals surface area contributed by atoms with Crippen LogP contribution in [0, 0.1) is 0 Å². The summed E-state index contributed by atoms with van der Waals surface area (Å²) in [5.74, 6) is 1.54. The molecule has 0 radical (unpaired) electrons. The van der Waals surface area contributed by atoms with Crippen molar-refractivity contribution in [3.05, 3.63) is 107 Å². The molecule has 20 nitrogen and oxygen atoms in total. The molecule has 0 unspecified atom stereocenters. The van der Waals surface area contributed by atoms with E-state index in [0.29, 0.717) is 59.1 Å². The standard InChI is InChI=1S/C24H28N8O2.C19H21N7O.C5H8ClNO.ClH/c1-16(2)32-15-26-29-22(32)19-6-5-7-21(27-19)28-23(33)20-12-18-14-31(11-8-17(18)13-25-20)24(34)30-9-3-4-10-30;1-12(2)26-11-22-25-18(26)15-4-3-5-17(23-15)24-19(27)16-8-14-9-20-7-6-13(14)10-21-16;6-5(8)7-3-1-2-4-7;/h5-7,12-13,15-16H,3-4,8-11,14H2,1-2H3,(H,27,28,33);3-5,8,10-12,20H,6-7,9H2,1-2H3,(H,23,24,27);1-4H2;1H. The van der Waals surface area contributed by atoms with E-state index in [0.717, 1.165) is 94.5 Å². The highest BCUT2D eigenvalue weighted by Gasteiger charge is 2.28. The van der Waals surface area contributed by atoms with Gasteiger partial charge in [-0.2, -0.15) is 0 Å². The van der Waals surface area contributed by atoms with Crippen molar-refractivity contribution in [2.24, 2.45) is 0 Å². The zero-order chi connectivity index (χ0) is 48.4. The molecule has 6 aromatic heterocycles. The van der Waals surface area contributed by atoms with Gasteiger partial charge in [0.25, 0.3) is 11.8 Å². The van der Waals surface area contributed by atoms with Crippen LogP contribution in [0.5, 0.6) is 0 Å². The second-order valence-electron chi connectivity index (χ2n) is 17.7. The number of nitrogens with one attached hydrogen (secondary N) is 3. The van der Waals surface area contributed by atoms with Crippen molar-refractivity contribution >= 4 is 58.9 Å². The van der Waals surface area contributed by atoms with Crippen LogP contribution in [0.15, 0.2) is 73.6 Å². The van der Waals surface area contributed by atoms with E-state index in [2.05, 4.69) is 70.1 Å². The van der Waals surface area contributed by atoms with Gasteiger partial charge in [-0.25, -0.2) is 14.8 Å². The van der Waals surface area contributed by atoms with Crippen LogP contribution < -0.4 is 16.0 Å². The van der Waals surface area contributed by atoms with Gasteiger partial charge in [0.15, 0.2) is 11.6 Å². The van der Waals surface area contributed by atoms with Crippen molar-refractivity contribution < 1.29 is 19.2 Å². The number of likely N-dealkylation sites (tertiary alicyclic amines) is 2. The van der Waals surface area contributed by atoms with Gasteiger partial charge in [0, 0.05) is 70.3 Å². The van der Waals surface area contributed by atoms with E-state index in [9.17, 15) is 19.2 Å². The number of halogens is 2. The Morgan fingerprint density at radius 3 is 1.63 bits per heavy atom. The molecule has 0 bridgehead atoms. The number of aromatic nitrogens is 10. The maximum atomic E-state index is 13.0. The maximum absolute atomic E-state index is 13.0. The molecule has 368 valence electrons. The van der Waals surface area contributed by atoms with Gasteiger partial charge in [-0.3, -0.25) is 24.4 Å². The minimum atomic E-state index is -0.347. The number of pyridine rings is 4. The number of fused-ring (bicyclic) bond motifs is 2. The smallest absolute Gasteiger partial charge is 0.320 e. The van der Waals surface area contributed by atoms with E-state index < -0.39 is 0 Å². The third kappa shape index (κ3) is 12.5. The molecule has 0 saturated carbocycles. The van der Waals surface area contributed by atoms with Gasteiger partial charge in [0.1, 0.15) is 47.1 Å². The lowest BCUT2D eigenvalue weighted by Crippen LogP contribution is -2.44. The molecule has 2 fully saturated rings. The molecule has 10 rings (SSSR count). The van der Waals surface area contributed by atoms with Crippen molar-refractivity contribution in [2.45, 2.75) is 91.4 Å². The summed E-state index contributed by atoms with van der Waals surface area (Å²) in [6.07, 6.45) is 12.9. The first-order valence-electron chi connectivity index (χ1n) is 23.4. The summed E-state index contributed by atoms with van der Waals surface area (Å²) < 4.78 is 3.86. The molecule has 3 N–H and O–H groups in total. The first-order chi connectivity index (χ1) is 33.4. The lowest BCUT2D eigenvalue weighted by atomic mass is 10.0. The fraction of sp³-hybridized carbons (Fsp3) is 0.417. The first-order valence-corrected chi connectivity index (χ1v) is 23.8. The molecule has 0 aliphatic carbocycles. The molecule has 0 atom stereocenters. The Morgan fingerprint density at radius 2 is 1.13 bits per heavy atom. The third-order valence-electron chi connectivity index (χ3n) is 12.2. The molecule has 70 heavy (non-hydrogen) atoms. The predicted octanol–water partition coefficient (Wildman–Crippen LogP) is 7.22. The molecule has 4 aliphatic rings. The fourth-order valence-electron chi connectivity index (χ4n) is 8.44. The lowest BCUT2D eigenvalue weighted by Gasteiger charge is -2.32. The van der Waals surface area contributed by atoms with Gasteiger partial charge in [0.2, 0.25) is 0 Å². The van der Waals surface area contributed by atoms with Crippen LogP contribution in [0.2, 0.25) is 0 Å². The quantitative estimate of drug-likeness (QED) is 0.101. The minimum Gasteiger partial charge on any atom is -0.329 e. The van der Waals surface area contributed by atoms with Crippen LogP contribution in [-0.2, 0) is 25.9 Å². The van der Waals surface area contributed by atoms with Crippen molar-refractivity contribution in [1.82, 2.24) is 69.5 Å². The minimum absolute atomic E-state index is 0. The Morgan fingerprint density at radius 1 is 0.629 bits per heavy atom. The lowest BCUT2D eigenvalue weighted by molar-refractivity contribution is 0.101. The summed E-state index contributed by atoms with van der Waals surface area (Å²) in [6.45, 7) is 14.4. The van der Waals surface area contributed by atoms with Crippen molar-refractivity contribution in [2.75, 3.05) is 49.9 Å². The van der Waals surface area contributed by atoms with Crippen LogP contribution in [0.4, 0.5) is 21.2 Å². The number of urea groups is 1. The molecule has 6 aromatic rings. The predicted molar refractivity (Wildman–Crippen MR) is 267 cm³/mol. The van der Waals surface area contributed by atoms with E-state index in [1.54, 1.807) is 48.1 Å². The molecule has 4 aliphatic heterocycles. The summed E-state index contributed by atoms with van der Waals surface area (Å²) >= 11 is 5.17. The summed E-state index contributed by atoms with van der Waals surface area (Å²) in [7, 11) is 0. The second-order valence-corrected chi connectivity index (χ2v) is 18.1. The highest BCUT2D eigenvalue weighted by atomic mass is 35.5. The van der Waals surface area contributed by atoms with Gasteiger partial charge < -0.3 is 39.8 Å². The highest BCUT2D eigenvalue weighted by Crippen LogP contribution is 2.25. The Hall–Kier alpha value is -6.90. The second kappa shape index (κ2) is 23.6. The van der Waals surface area contributed by atoms with Gasteiger partial charge in [0.05, 0.1) is 0 Å². The fourth-order valence-corrected chi connectivity index (χ4v) is 8.61. The highest BCUT2D eigenvalue weighted by molar-refractivity contribution is 6.62. The number of rotatable bonds is 8. The number of nitrogens with zero attached hydrogens (tertiary/aromatic N) is 13. The van der Waals surface area contributed by atoms with E-state index in [4.69, 9.17) is 11.6 Å². The van der Waals surface area contributed by atoms with Crippen molar-refractivity contribution in [3.63, 3.8) is 0 Å². The van der Waals surface area contributed by atoms with Gasteiger partial charge >= 0.3 is 11.4 Å². The van der Waals surface area contributed by atoms with E-state index in [-0.39, 0.29) is 47.7 Å².